The van der Waals surface area contributed by atoms with Gasteiger partial charge in [0, 0.05) is 13.2 Å². The van der Waals surface area contributed by atoms with E-state index in [1.54, 1.807) is 0 Å². The predicted octanol–water partition coefficient (Wildman–Crippen LogP) is -0.922. The minimum Gasteiger partial charge on any atom is -0.396 e. The molecule has 3 nitrogen and oxygen atoms in total. The Morgan fingerprint density at radius 3 is 2.50 bits per heavy atom. The maximum atomic E-state index is 8.75. The molecule has 0 fully saturated rings. The van der Waals surface area contributed by atoms with E-state index in [2.05, 4.69) is 0 Å². The van der Waals surface area contributed by atoms with Gasteiger partial charge in [0.2, 0.25) is 0 Å². The minimum absolute atomic E-state index is 0.136. The van der Waals surface area contributed by atoms with Crippen LogP contribution in [0.5, 0.6) is 0 Å². The van der Waals surface area contributed by atoms with E-state index in [4.69, 9.17) is 15.9 Å². The van der Waals surface area contributed by atoms with Crippen molar-refractivity contribution in [3.63, 3.8) is 0 Å². The molecular formula is C5H13NO2. The van der Waals surface area contributed by atoms with E-state index < -0.39 is 6.10 Å². The van der Waals surface area contributed by atoms with Crippen molar-refractivity contribution in [2.45, 2.75) is 18.9 Å². The van der Waals surface area contributed by atoms with E-state index in [0.29, 0.717) is 19.4 Å². The molecule has 0 radical (unpaired) electrons. The lowest BCUT2D eigenvalue weighted by Crippen LogP contribution is -2.19. The summed E-state index contributed by atoms with van der Waals surface area (Å²) in [6.07, 6.45) is 0.813. The summed E-state index contributed by atoms with van der Waals surface area (Å²) in [5.41, 5.74) is 5.08. The monoisotopic (exact) mass is 119 g/mol. The van der Waals surface area contributed by atoms with Gasteiger partial charge < -0.3 is 15.9 Å². The zero-order valence-corrected chi connectivity index (χ0v) is 4.88. The third kappa shape index (κ3) is 4.05. The lowest BCUT2D eigenvalue weighted by molar-refractivity contribution is 0.157. The summed E-state index contributed by atoms with van der Waals surface area (Å²) < 4.78 is 0. The molecule has 0 heterocycles. The second-order valence-electron chi connectivity index (χ2n) is 1.76. The zero-order valence-electron chi connectivity index (χ0n) is 4.88. The smallest absolute Gasteiger partial charge is 0.0663 e. The number of aliphatic hydroxyl groups excluding tert-OH is 2. The van der Waals surface area contributed by atoms with Crippen molar-refractivity contribution in [3.8, 4) is 0 Å². The molecule has 0 aromatic carbocycles. The Hall–Kier alpha value is -0.120. The Balaban J connectivity index is 2.86. The Kier molecular flexibility index (Phi) is 4.95. The summed E-state index contributed by atoms with van der Waals surface area (Å²) in [5, 5.41) is 17.0. The molecule has 1 atom stereocenters. The average Bonchev–Trinajstić information content (AvgIpc) is 1.83. The van der Waals surface area contributed by atoms with Crippen LogP contribution in [0.4, 0.5) is 0 Å². The highest BCUT2D eigenvalue weighted by atomic mass is 16.3. The highest BCUT2D eigenvalue weighted by Gasteiger charge is 1.97. The topological polar surface area (TPSA) is 66.5 Å². The lowest BCUT2D eigenvalue weighted by Gasteiger charge is -2.03. The fourth-order valence-corrected chi connectivity index (χ4v) is 0.445. The number of hydrogen-bond donors (Lipinski definition) is 3. The van der Waals surface area contributed by atoms with Crippen molar-refractivity contribution in [3.05, 3.63) is 0 Å². The first-order valence-electron chi connectivity index (χ1n) is 2.80. The van der Waals surface area contributed by atoms with Gasteiger partial charge >= 0.3 is 0 Å². The minimum atomic E-state index is -0.429. The second-order valence-corrected chi connectivity index (χ2v) is 1.76. The molecule has 0 saturated carbocycles. The molecular weight excluding hydrogens is 106 g/mol. The first kappa shape index (κ1) is 7.88. The highest BCUT2D eigenvalue weighted by molar-refractivity contribution is 4.53. The molecule has 0 spiro atoms. The number of aliphatic hydroxyl groups is 2. The van der Waals surface area contributed by atoms with Crippen LogP contribution in [0.3, 0.4) is 0 Å². The summed E-state index contributed by atoms with van der Waals surface area (Å²) >= 11 is 0. The molecule has 0 aromatic heterocycles. The van der Waals surface area contributed by atoms with Gasteiger partial charge in [-0.1, -0.05) is 0 Å². The second kappa shape index (κ2) is 5.03. The molecule has 0 aliphatic heterocycles. The van der Waals surface area contributed by atoms with Gasteiger partial charge in [0.15, 0.2) is 0 Å². The Morgan fingerprint density at radius 1 is 1.50 bits per heavy atom. The van der Waals surface area contributed by atoms with Crippen LogP contribution in [0.15, 0.2) is 0 Å². The van der Waals surface area contributed by atoms with Crippen LogP contribution in [0.25, 0.3) is 0 Å². The van der Waals surface area contributed by atoms with E-state index in [9.17, 15) is 0 Å². The standard InChI is InChI=1S/C5H13NO2/c6-4-5(8)2-1-3-7/h5,7-8H,1-4,6H2/t5-/m1/s1. The molecule has 0 aromatic rings. The quantitative estimate of drug-likeness (QED) is 0.448. The van der Waals surface area contributed by atoms with Crippen LogP contribution < -0.4 is 5.73 Å². The molecule has 0 unspecified atom stereocenters. The van der Waals surface area contributed by atoms with E-state index in [-0.39, 0.29) is 6.61 Å². The molecule has 8 heavy (non-hydrogen) atoms. The van der Waals surface area contributed by atoms with E-state index in [0.717, 1.165) is 0 Å². The van der Waals surface area contributed by atoms with Gasteiger partial charge in [0.25, 0.3) is 0 Å². The molecule has 0 amide bonds. The van der Waals surface area contributed by atoms with Crippen molar-refractivity contribution in [1.29, 1.82) is 0 Å². The number of rotatable bonds is 4. The number of hydrogen-bond acceptors (Lipinski definition) is 3. The fraction of sp³-hybridized carbons (Fsp3) is 1.00. The van der Waals surface area contributed by atoms with Gasteiger partial charge in [-0.3, -0.25) is 0 Å². The van der Waals surface area contributed by atoms with Crippen LogP contribution in [0.2, 0.25) is 0 Å². The molecule has 4 N–H and O–H groups in total. The lowest BCUT2D eigenvalue weighted by atomic mass is 10.2. The summed E-state index contributed by atoms with van der Waals surface area (Å²) in [6.45, 7) is 0.428. The summed E-state index contributed by atoms with van der Waals surface area (Å²) in [4.78, 5) is 0. The van der Waals surface area contributed by atoms with Gasteiger partial charge in [-0.2, -0.15) is 0 Å². The van der Waals surface area contributed by atoms with E-state index in [1.807, 2.05) is 0 Å². The Morgan fingerprint density at radius 2 is 2.12 bits per heavy atom. The third-order valence-electron chi connectivity index (χ3n) is 0.968. The van der Waals surface area contributed by atoms with Gasteiger partial charge in [-0.15, -0.1) is 0 Å². The van der Waals surface area contributed by atoms with Crippen molar-refractivity contribution in [2.75, 3.05) is 13.2 Å². The molecule has 0 bridgehead atoms. The Bertz CT molecular complexity index is 49.7. The molecule has 50 valence electrons. The average molecular weight is 119 g/mol. The van der Waals surface area contributed by atoms with Gasteiger partial charge in [-0.25, -0.2) is 0 Å². The zero-order chi connectivity index (χ0) is 6.41. The van der Waals surface area contributed by atoms with Crippen molar-refractivity contribution < 1.29 is 10.2 Å². The fourth-order valence-electron chi connectivity index (χ4n) is 0.445. The van der Waals surface area contributed by atoms with E-state index >= 15 is 0 Å². The summed E-state index contributed by atoms with van der Waals surface area (Å²) in [7, 11) is 0. The van der Waals surface area contributed by atoms with Crippen LogP contribution in [0.1, 0.15) is 12.8 Å². The summed E-state index contributed by atoms with van der Waals surface area (Å²) in [6, 6.07) is 0. The molecule has 0 aliphatic rings. The molecule has 0 rings (SSSR count). The van der Waals surface area contributed by atoms with Crippen LogP contribution in [-0.2, 0) is 0 Å². The largest absolute Gasteiger partial charge is 0.396 e. The van der Waals surface area contributed by atoms with Crippen LogP contribution in [0, 0.1) is 0 Å². The third-order valence-corrected chi connectivity index (χ3v) is 0.968. The maximum Gasteiger partial charge on any atom is 0.0663 e. The predicted molar refractivity (Wildman–Crippen MR) is 31.4 cm³/mol. The first-order chi connectivity index (χ1) is 3.81. The van der Waals surface area contributed by atoms with Crippen molar-refractivity contribution in [1.82, 2.24) is 0 Å². The normalized spacial score (nSPS) is 13.9. The first-order valence-corrected chi connectivity index (χ1v) is 2.80. The van der Waals surface area contributed by atoms with Crippen molar-refractivity contribution >= 4 is 0 Å². The molecule has 0 aliphatic carbocycles. The van der Waals surface area contributed by atoms with Crippen molar-refractivity contribution in [2.24, 2.45) is 5.73 Å². The Labute approximate surface area is 49.1 Å². The van der Waals surface area contributed by atoms with Gasteiger partial charge in [0.05, 0.1) is 6.10 Å². The van der Waals surface area contributed by atoms with Crippen LogP contribution in [-0.4, -0.2) is 29.5 Å². The van der Waals surface area contributed by atoms with Gasteiger partial charge in [0.1, 0.15) is 0 Å². The maximum absolute atomic E-state index is 8.75. The van der Waals surface area contributed by atoms with Crippen LogP contribution >= 0.6 is 0 Å². The van der Waals surface area contributed by atoms with E-state index in [1.165, 1.54) is 0 Å². The summed E-state index contributed by atoms with van der Waals surface area (Å²) in [5.74, 6) is 0. The number of nitrogens with two attached hydrogens (primary N) is 1. The SMILES string of the molecule is NC[C@H](O)CCCO. The molecule has 3 heteroatoms. The molecule has 0 saturated heterocycles. The highest BCUT2D eigenvalue weighted by Crippen LogP contribution is 1.92. The van der Waals surface area contributed by atoms with Gasteiger partial charge in [-0.05, 0) is 12.8 Å².